The summed E-state index contributed by atoms with van der Waals surface area (Å²) in [5, 5.41) is 0. The molecule has 1 unspecified atom stereocenters. The van der Waals surface area contributed by atoms with E-state index in [1.54, 1.807) is 0 Å². The van der Waals surface area contributed by atoms with Crippen LogP contribution in [0.15, 0.2) is 12.1 Å². The number of hydrogen-bond acceptors (Lipinski definition) is 3. The number of benzene rings is 1. The Morgan fingerprint density at radius 3 is 2.06 bits per heavy atom. The average Bonchev–Trinajstić information content (AvgIpc) is 2.36. The molecule has 0 aliphatic carbocycles. The molecule has 0 heterocycles. The molecular formula is C10H12F4O3Si. The molecule has 1 aromatic rings. The van der Waals surface area contributed by atoms with Crippen LogP contribution in [-0.2, 0) is 13.3 Å². The van der Waals surface area contributed by atoms with Gasteiger partial charge < -0.3 is 13.3 Å². The number of hydrogen-bond donors (Lipinski definition) is 0. The molecule has 1 atom stereocenters. The first kappa shape index (κ1) is 15.1. The first-order chi connectivity index (χ1) is 8.49. The zero-order chi connectivity index (χ0) is 13.7. The molecule has 102 valence electrons. The molecule has 0 radical (unpaired) electrons. The molecule has 1 rings (SSSR count). The fourth-order valence-corrected chi connectivity index (χ4v) is 2.04. The van der Waals surface area contributed by atoms with Crippen molar-refractivity contribution in [3.63, 3.8) is 0 Å². The third-order valence-electron chi connectivity index (χ3n) is 2.13. The molecule has 1 aromatic carbocycles. The van der Waals surface area contributed by atoms with Gasteiger partial charge in [-0.15, -0.1) is 0 Å². The lowest BCUT2D eigenvalue weighted by Crippen LogP contribution is -2.25. The van der Waals surface area contributed by atoms with Crippen molar-refractivity contribution in [3.8, 4) is 0 Å². The van der Waals surface area contributed by atoms with Crippen molar-refractivity contribution in [2.45, 2.75) is 6.17 Å². The van der Waals surface area contributed by atoms with Crippen LogP contribution in [0.5, 0.6) is 0 Å². The molecule has 0 saturated carbocycles. The summed E-state index contributed by atoms with van der Waals surface area (Å²) < 4.78 is 66.5. The molecule has 0 N–H and O–H groups in total. The van der Waals surface area contributed by atoms with Crippen molar-refractivity contribution >= 4 is 9.53 Å². The van der Waals surface area contributed by atoms with Crippen LogP contribution >= 0.6 is 0 Å². The smallest absolute Gasteiger partial charge is 0.379 e. The summed E-state index contributed by atoms with van der Waals surface area (Å²) >= 11 is 0. The highest BCUT2D eigenvalue weighted by atomic mass is 28.3. The fraction of sp³-hybridized carbons (Fsp3) is 0.400. The van der Waals surface area contributed by atoms with E-state index in [2.05, 4.69) is 0 Å². The average molecular weight is 284 g/mol. The summed E-state index contributed by atoms with van der Waals surface area (Å²) in [4.78, 5) is 0. The van der Waals surface area contributed by atoms with E-state index in [0.717, 1.165) is 0 Å². The van der Waals surface area contributed by atoms with Crippen molar-refractivity contribution in [1.82, 2.24) is 0 Å². The van der Waals surface area contributed by atoms with Gasteiger partial charge in [-0.25, -0.2) is 17.6 Å². The predicted octanol–water partition coefficient (Wildman–Crippen LogP) is 2.14. The normalized spacial score (nSPS) is 13.1. The Hall–Kier alpha value is -0.963. The van der Waals surface area contributed by atoms with E-state index in [-0.39, 0.29) is 5.56 Å². The van der Waals surface area contributed by atoms with Crippen molar-refractivity contribution in [3.05, 3.63) is 35.1 Å². The Kier molecular flexibility index (Phi) is 5.73. The van der Waals surface area contributed by atoms with Crippen LogP contribution in [0, 0.1) is 17.5 Å². The maximum absolute atomic E-state index is 13.6. The molecule has 0 saturated heterocycles. The Bertz CT molecular complexity index is 378. The Morgan fingerprint density at radius 2 is 1.61 bits per heavy atom. The molecule has 0 bridgehead atoms. The lowest BCUT2D eigenvalue weighted by atomic mass is 10.1. The van der Waals surface area contributed by atoms with Crippen molar-refractivity contribution in [2.75, 3.05) is 20.8 Å². The largest absolute Gasteiger partial charge is 0.483 e. The zero-order valence-electron chi connectivity index (χ0n) is 9.75. The van der Waals surface area contributed by atoms with Crippen LogP contribution < -0.4 is 0 Å². The summed E-state index contributed by atoms with van der Waals surface area (Å²) in [7, 11) is 0.268. The van der Waals surface area contributed by atoms with Gasteiger partial charge in [0.1, 0.15) is 6.17 Å². The highest BCUT2D eigenvalue weighted by Crippen LogP contribution is 2.22. The van der Waals surface area contributed by atoms with Gasteiger partial charge in [0.25, 0.3) is 0 Å². The van der Waals surface area contributed by atoms with Crippen LogP contribution in [0.25, 0.3) is 0 Å². The fourth-order valence-electron chi connectivity index (χ4n) is 1.25. The van der Waals surface area contributed by atoms with Gasteiger partial charge in [-0.2, -0.15) is 0 Å². The molecule has 0 aromatic heterocycles. The predicted molar refractivity (Wildman–Crippen MR) is 57.3 cm³/mol. The van der Waals surface area contributed by atoms with Crippen molar-refractivity contribution < 1.29 is 30.8 Å². The second-order valence-electron chi connectivity index (χ2n) is 3.36. The Labute approximate surface area is 103 Å². The summed E-state index contributed by atoms with van der Waals surface area (Å²) in [6.45, 7) is -0.483. The van der Waals surface area contributed by atoms with E-state index in [1.807, 2.05) is 0 Å². The van der Waals surface area contributed by atoms with E-state index in [0.29, 0.717) is 12.1 Å². The lowest BCUT2D eigenvalue weighted by molar-refractivity contribution is 0.101. The Balaban J connectivity index is 2.70. The number of halogens is 4. The van der Waals surface area contributed by atoms with Gasteiger partial charge in [-0.1, -0.05) is 0 Å². The van der Waals surface area contributed by atoms with E-state index in [4.69, 9.17) is 13.3 Å². The van der Waals surface area contributed by atoms with Gasteiger partial charge in [0.05, 0.1) is 6.61 Å². The quantitative estimate of drug-likeness (QED) is 0.455. The van der Waals surface area contributed by atoms with Gasteiger partial charge in [0, 0.05) is 14.2 Å². The molecular weight excluding hydrogens is 272 g/mol. The van der Waals surface area contributed by atoms with Crippen LogP contribution in [0.1, 0.15) is 11.7 Å². The molecule has 0 aliphatic heterocycles. The van der Waals surface area contributed by atoms with Crippen LogP contribution in [0.3, 0.4) is 0 Å². The summed E-state index contributed by atoms with van der Waals surface area (Å²) in [5.41, 5.74) is -0.341. The molecule has 0 fully saturated rings. The standard InChI is InChI=1S/C10H12F4O3Si/c1-15-18(16-2)17-5-9(13)6-3-7(11)10(14)8(12)4-6/h3-4,9,18H,5H2,1-2H3. The summed E-state index contributed by atoms with van der Waals surface area (Å²) in [6, 6.07) is 1.17. The van der Waals surface area contributed by atoms with E-state index in [9.17, 15) is 17.6 Å². The topological polar surface area (TPSA) is 27.7 Å². The number of alkyl halides is 1. The molecule has 18 heavy (non-hydrogen) atoms. The van der Waals surface area contributed by atoms with Crippen molar-refractivity contribution in [2.24, 2.45) is 0 Å². The summed E-state index contributed by atoms with van der Waals surface area (Å²) in [6.07, 6.45) is -1.80. The molecule has 0 aliphatic rings. The van der Waals surface area contributed by atoms with Gasteiger partial charge in [-0.05, 0) is 17.7 Å². The van der Waals surface area contributed by atoms with Gasteiger partial charge in [-0.3, -0.25) is 0 Å². The van der Waals surface area contributed by atoms with Crippen LogP contribution in [-0.4, -0.2) is 30.4 Å². The SMILES string of the molecule is CO[SiH](OC)OCC(F)c1cc(F)c(F)c(F)c1. The minimum atomic E-state index is -2.41. The van der Waals surface area contributed by atoms with E-state index >= 15 is 0 Å². The Morgan fingerprint density at radius 1 is 1.11 bits per heavy atom. The minimum Gasteiger partial charge on any atom is -0.379 e. The van der Waals surface area contributed by atoms with E-state index in [1.165, 1.54) is 14.2 Å². The van der Waals surface area contributed by atoms with Crippen molar-refractivity contribution in [1.29, 1.82) is 0 Å². The molecule has 0 amide bonds. The zero-order valence-corrected chi connectivity index (χ0v) is 10.9. The van der Waals surface area contributed by atoms with Crippen LogP contribution in [0.4, 0.5) is 17.6 Å². The monoisotopic (exact) mass is 284 g/mol. The first-order valence-electron chi connectivity index (χ1n) is 4.95. The van der Waals surface area contributed by atoms with Gasteiger partial charge >= 0.3 is 9.53 Å². The number of rotatable bonds is 6. The minimum absolute atomic E-state index is 0.341. The van der Waals surface area contributed by atoms with Gasteiger partial charge in [0.15, 0.2) is 17.5 Å². The molecule has 3 nitrogen and oxygen atoms in total. The third kappa shape index (κ3) is 3.77. The second-order valence-corrected chi connectivity index (χ2v) is 5.21. The maximum Gasteiger partial charge on any atom is 0.483 e. The van der Waals surface area contributed by atoms with E-state index < -0.39 is 39.8 Å². The third-order valence-corrected chi connectivity index (χ3v) is 3.37. The maximum atomic E-state index is 13.6. The molecule has 8 heteroatoms. The van der Waals surface area contributed by atoms with Crippen LogP contribution in [0.2, 0.25) is 0 Å². The molecule has 0 spiro atoms. The second kappa shape index (κ2) is 6.83. The summed E-state index contributed by atoms with van der Waals surface area (Å²) in [5.74, 6) is -4.52. The first-order valence-corrected chi connectivity index (χ1v) is 6.36. The highest BCUT2D eigenvalue weighted by Gasteiger charge is 2.20. The van der Waals surface area contributed by atoms with Gasteiger partial charge in [0.2, 0.25) is 0 Å². The highest BCUT2D eigenvalue weighted by molar-refractivity contribution is 6.36. The lowest BCUT2D eigenvalue weighted by Gasteiger charge is -2.14.